The van der Waals surface area contributed by atoms with E-state index in [1.807, 2.05) is 0 Å². The molecule has 1 N–H and O–H groups in total. The van der Waals surface area contributed by atoms with Crippen LogP contribution in [0.4, 0.5) is 47.3 Å². The normalized spacial score (nSPS) is 18.2. The van der Waals surface area contributed by atoms with Crippen molar-refractivity contribution >= 4 is 60.8 Å². The number of nitrogens with zero attached hydrogens (tertiary/aromatic N) is 5. The quantitative estimate of drug-likeness (QED) is 0.264. The Morgan fingerprint density at radius 2 is 1.27 bits per heavy atom. The van der Waals surface area contributed by atoms with Gasteiger partial charge in [0, 0.05) is 25.8 Å². The van der Waals surface area contributed by atoms with E-state index < -0.39 is 70.4 Å². The van der Waals surface area contributed by atoms with Crippen LogP contribution in [0.25, 0.3) is 0 Å². The van der Waals surface area contributed by atoms with Gasteiger partial charge in [-0.05, 0) is 92.4 Å². The second kappa shape index (κ2) is 15.5. The molecule has 0 saturated carbocycles. The smallest absolute Gasteiger partial charge is 0.337 e. The molecule has 0 radical (unpaired) electrons. The van der Waals surface area contributed by atoms with Crippen LogP contribution in [0.15, 0.2) is 76.7 Å². The lowest BCUT2D eigenvalue weighted by atomic mass is 10.1. The Hall–Kier alpha value is -5.58. The summed E-state index contributed by atoms with van der Waals surface area (Å²) in [7, 11) is -11.0. The molecule has 23 heteroatoms. The Bertz CT molecular complexity index is 2250. The molecule has 3 aliphatic rings. The summed E-state index contributed by atoms with van der Waals surface area (Å²) in [6, 6.07) is 7.51. The first-order valence-electron chi connectivity index (χ1n) is 16.4. The van der Waals surface area contributed by atoms with Gasteiger partial charge < -0.3 is 15.1 Å². The SMILES string of the molecule is CC1C(=O)N(c2ccc(S(=O)(=O)C(F)(F)F)cc2)C(=O)N1Cc1ccnc(C(=O)N2CCCCC2)c1.O=C1CNC(=O)N1c1ccc(S(=O)(=O)C(F)(F)F)cc1. The number of carbonyl (C=O) groups is 5. The zero-order chi connectivity index (χ0) is 41.4. The summed E-state index contributed by atoms with van der Waals surface area (Å²) in [6.07, 6.45) is 4.37. The molecule has 0 bridgehead atoms. The maximum atomic E-state index is 13.1. The Kier molecular flexibility index (Phi) is 11.5. The van der Waals surface area contributed by atoms with Crippen molar-refractivity contribution in [2.75, 3.05) is 29.4 Å². The minimum Gasteiger partial charge on any atom is -0.337 e. The minimum absolute atomic E-state index is 0.00822. The van der Waals surface area contributed by atoms with Gasteiger partial charge in [-0.25, -0.2) is 36.2 Å². The number of alkyl halides is 6. The molecule has 3 fully saturated rings. The van der Waals surface area contributed by atoms with E-state index in [1.54, 1.807) is 17.0 Å². The van der Waals surface area contributed by atoms with Crippen molar-refractivity contribution < 1.29 is 67.2 Å². The number of likely N-dealkylation sites (tertiary alicyclic amines) is 1. The van der Waals surface area contributed by atoms with Crippen molar-refractivity contribution in [3.05, 3.63) is 78.1 Å². The maximum Gasteiger partial charge on any atom is 0.501 e. The predicted octanol–water partition coefficient (Wildman–Crippen LogP) is 4.39. The van der Waals surface area contributed by atoms with E-state index in [0.29, 0.717) is 47.8 Å². The molecule has 3 aliphatic heterocycles. The van der Waals surface area contributed by atoms with Crippen LogP contribution in [0, 0.1) is 0 Å². The van der Waals surface area contributed by atoms with Crippen molar-refractivity contribution in [2.45, 2.75) is 59.6 Å². The van der Waals surface area contributed by atoms with Crippen molar-refractivity contribution in [1.82, 2.24) is 20.1 Å². The largest absolute Gasteiger partial charge is 0.501 e. The molecule has 1 aromatic heterocycles. The van der Waals surface area contributed by atoms with Gasteiger partial charge in [0.1, 0.15) is 11.7 Å². The number of rotatable bonds is 7. The number of hydrogen-bond donors (Lipinski definition) is 1. The lowest BCUT2D eigenvalue weighted by Gasteiger charge is -2.26. The molecule has 0 spiro atoms. The number of imide groups is 2. The molecular weight excluding hydrogens is 803 g/mol. The summed E-state index contributed by atoms with van der Waals surface area (Å²) < 4.78 is 121. The van der Waals surface area contributed by atoms with Gasteiger partial charge in [-0.15, -0.1) is 0 Å². The second-order valence-corrected chi connectivity index (χ2v) is 16.3. The van der Waals surface area contributed by atoms with E-state index in [2.05, 4.69) is 10.3 Å². The van der Waals surface area contributed by atoms with Gasteiger partial charge in [0.15, 0.2) is 0 Å². The number of carbonyl (C=O) groups excluding carboxylic acids is 5. The highest BCUT2D eigenvalue weighted by Gasteiger charge is 2.48. The third kappa shape index (κ3) is 8.17. The Labute approximate surface area is 314 Å². The molecule has 3 saturated heterocycles. The van der Waals surface area contributed by atoms with Crippen molar-refractivity contribution in [1.29, 1.82) is 0 Å². The Balaban J connectivity index is 0.000000253. The highest BCUT2D eigenvalue weighted by atomic mass is 32.2. The molecular formula is C33H30F6N6O9S2. The number of nitrogens with one attached hydrogen (secondary N) is 1. The molecule has 7 amide bonds. The third-order valence-corrected chi connectivity index (χ3v) is 11.8. The molecule has 3 aromatic rings. The molecule has 56 heavy (non-hydrogen) atoms. The van der Waals surface area contributed by atoms with Crippen LogP contribution >= 0.6 is 0 Å². The molecule has 1 atom stereocenters. The lowest BCUT2D eigenvalue weighted by molar-refractivity contribution is -0.119. The summed E-state index contributed by atoms with van der Waals surface area (Å²) in [4.78, 5) is 68.1. The number of benzene rings is 2. The fourth-order valence-electron chi connectivity index (χ4n) is 5.80. The van der Waals surface area contributed by atoms with E-state index >= 15 is 0 Å². The maximum absolute atomic E-state index is 13.1. The average Bonchev–Trinajstić information content (AvgIpc) is 3.59. The van der Waals surface area contributed by atoms with Crippen molar-refractivity contribution in [3.63, 3.8) is 0 Å². The fourth-order valence-corrected chi connectivity index (χ4v) is 7.32. The van der Waals surface area contributed by atoms with Gasteiger partial charge in [-0.2, -0.15) is 26.3 Å². The highest BCUT2D eigenvalue weighted by molar-refractivity contribution is 7.92. The average molecular weight is 833 g/mol. The second-order valence-electron chi connectivity index (χ2n) is 12.4. The standard InChI is InChI=1S/C23H23F3N4O5S.C10H7F3N2O4S/c1-15-20(31)30(17-5-7-18(8-6-17)36(34,35)23(24,25)26)22(33)29(15)14-16-9-10-27-19(13-16)21(32)28-11-3-2-4-12-28;11-10(12,13)20(18,19)7-3-1-6(2-4-7)15-8(16)5-14-9(15)17/h5-10,13,15H,2-4,11-12,14H2,1H3;1-4H,5H2,(H,14,17). The molecule has 0 aliphatic carbocycles. The fraction of sp³-hybridized carbons (Fsp3) is 0.333. The first-order chi connectivity index (χ1) is 26.1. The number of pyridine rings is 1. The molecule has 6 rings (SSSR count). The number of aromatic nitrogens is 1. The zero-order valence-corrected chi connectivity index (χ0v) is 30.5. The molecule has 4 heterocycles. The van der Waals surface area contributed by atoms with E-state index in [0.717, 1.165) is 48.4 Å². The predicted molar refractivity (Wildman–Crippen MR) is 182 cm³/mol. The summed E-state index contributed by atoms with van der Waals surface area (Å²) in [6.45, 7) is 2.58. The van der Waals surface area contributed by atoms with E-state index in [9.17, 15) is 67.2 Å². The van der Waals surface area contributed by atoms with Crippen LogP contribution in [0.3, 0.4) is 0 Å². The van der Waals surface area contributed by atoms with Crippen molar-refractivity contribution in [3.8, 4) is 0 Å². The molecule has 15 nitrogen and oxygen atoms in total. The molecule has 1 unspecified atom stereocenters. The summed E-state index contributed by atoms with van der Waals surface area (Å²) >= 11 is 0. The van der Waals surface area contributed by atoms with Gasteiger partial charge in [0.25, 0.3) is 37.4 Å². The number of anilines is 2. The number of halogens is 6. The number of hydrogen-bond acceptors (Lipinski definition) is 10. The van der Waals surface area contributed by atoms with Crippen LogP contribution in [0.2, 0.25) is 0 Å². The van der Waals surface area contributed by atoms with Crippen LogP contribution in [-0.4, -0.2) is 98.1 Å². The first kappa shape index (κ1) is 41.6. The summed E-state index contributed by atoms with van der Waals surface area (Å²) in [5, 5.41) is 2.23. The minimum atomic E-state index is -5.56. The summed E-state index contributed by atoms with van der Waals surface area (Å²) in [5.41, 5.74) is -10.1. The van der Waals surface area contributed by atoms with Crippen LogP contribution in [-0.2, 0) is 35.8 Å². The number of urea groups is 2. The van der Waals surface area contributed by atoms with E-state index in [4.69, 9.17) is 0 Å². The Morgan fingerprint density at radius 1 is 0.768 bits per heavy atom. The zero-order valence-electron chi connectivity index (χ0n) is 28.9. The van der Waals surface area contributed by atoms with Crippen LogP contribution < -0.4 is 15.1 Å². The lowest BCUT2D eigenvalue weighted by Crippen LogP contribution is -2.36. The van der Waals surface area contributed by atoms with Crippen LogP contribution in [0.1, 0.15) is 42.2 Å². The number of amides is 7. The number of sulfone groups is 2. The van der Waals surface area contributed by atoms with Crippen molar-refractivity contribution in [2.24, 2.45) is 0 Å². The monoisotopic (exact) mass is 832 g/mol. The number of piperidine rings is 1. The Morgan fingerprint density at radius 3 is 1.73 bits per heavy atom. The van der Waals surface area contributed by atoms with Gasteiger partial charge in [0.05, 0.1) is 27.7 Å². The first-order valence-corrected chi connectivity index (χ1v) is 19.4. The topological polar surface area (TPSA) is 192 Å². The molecule has 2 aromatic carbocycles. The van der Waals surface area contributed by atoms with Gasteiger partial charge in [-0.3, -0.25) is 19.4 Å². The van der Waals surface area contributed by atoms with E-state index in [-0.39, 0.29) is 36.1 Å². The third-order valence-electron chi connectivity index (χ3n) is 8.79. The van der Waals surface area contributed by atoms with E-state index in [1.165, 1.54) is 18.0 Å². The van der Waals surface area contributed by atoms with Gasteiger partial charge in [-0.1, -0.05) is 0 Å². The van der Waals surface area contributed by atoms with Crippen LogP contribution in [0.5, 0.6) is 0 Å². The highest BCUT2D eigenvalue weighted by Crippen LogP contribution is 2.34. The van der Waals surface area contributed by atoms with Gasteiger partial charge in [0.2, 0.25) is 0 Å². The van der Waals surface area contributed by atoms with Gasteiger partial charge >= 0.3 is 23.1 Å². The summed E-state index contributed by atoms with van der Waals surface area (Å²) in [5.74, 6) is -1.41. The molecule has 300 valence electrons.